The van der Waals surface area contributed by atoms with E-state index in [1.54, 1.807) is 6.07 Å². The van der Waals surface area contributed by atoms with Gasteiger partial charge in [0.15, 0.2) is 0 Å². The Kier molecular flexibility index (Phi) is 8.27. The number of fused-ring (bicyclic) bond motifs is 1. The molecule has 2 fully saturated rings. The summed E-state index contributed by atoms with van der Waals surface area (Å²) in [6.45, 7) is 3.57. The quantitative estimate of drug-likeness (QED) is 0.290. The third-order valence-corrected chi connectivity index (χ3v) is 9.91. The van der Waals surface area contributed by atoms with Gasteiger partial charge in [-0.15, -0.1) is 0 Å². The molecule has 1 amide bonds. The normalized spacial score (nSPS) is 20.2. The molecule has 0 unspecified atom stereocenters. The van der Waals surface area contributed by atoms with Gasteiger partial charge in [-0.3, -0.25) is 24.0 Å². The summed E-state index contributed by atoms with van der Waals surface area (Å²) < 4.78 is 3.32. The van der Waals surface area contributed by atoms with Gasteiger partial charge in [0.05, 0.1) is 17.5 Å². The predicted octanol–water partition coefficient (Wildman–Crippen LogP) is 4.46. The van der Waals surface area contributed by atoms with Crippen molar-refractivity contribution >= 4 is 16.9 Å². The molecule has 2 saturated heterocycles. The number of piperidine rings is 2. The Morgan fingerprint density at radius 1 is 0.957 bits per heavy atom. The third-order valence-electron chi connectivity index (χ3n) is 9.91. The second-order valence-corrected chi connectivity index (χ2v) is 13.0. The summed E-state index contributed by atoms with van der Waals surface area (Å²) in [4.78, 5) is 40.2. The van der Waals surface area contributed by atoms with Crippen LogP contribution in [0.5, 0.6) is 0 Å². The fourth-order valence-electron chi connectivity index (χ4n) is 7.29. The average molecular weight is 617 g/mol. The summed E-state index contributed by atoms with van der Waals surface area (Å²) in [5, 5.41) is 12.0. The smallest absolute Gasteiger partial charge is 0.262 e. The monoisotopic (exact) mass is 616 g/mol. The zero-order chi connectivity index (χ0) is 31.7. The van der Waals surface area contributed by atoms with Crippen molar-refractivity contribution in [3.05, 3.63) is 119 Å². The lowest BCUT2D eigenvalue weighted by atomic mass is 9.79. The lowest BCUT2D eigenvalue weighted by Crippen LogP contribution is -2.53. The molecular formula is C37H40N6O3. The second-order valence-electron chi connectivity index (χ2n) is 13.0. The van der Waals surface area contributed by atoms with Gasteiger partial charge in [0.2, 0.25) is 5.91 Å². The first kappa shape index (κ1) is 30.1. The van der Waals surface area contributed by atoms with Crippen LogP contribution in [-0.2, 0) is 24.9 Å². The molecule has 236 valence electrons. The number of rotatable bonds is 7. The summed E-state index contributed by atoms with van der Waals surface area (Å²) in [6.07, 6.45) is 8.59. The summed E-state index contributed by atoms with van der Waals surface area (Å²) in [5.74, 6) is 0.119. The third kappa shape index (κ3) is 6.12. The molecule has 2 atom stereocenters. The number of pyridine rings is 1. The lowest BCUT2D eigenvalue weighted by Gasteiger charge is -2.43. The van der Waals surface area contributed by atoms with Crippen molar-refractivity contribution in [1.29, 1.82) is 0 Å². The van der Waals surface area contributed by atoms with Gasteiger partial charge in [-0.05, 0) is 72.3 Å². The maximum absolute atomic E-state index is 14.1. The Balaban J connectivity index is 1.03. The Hall–Kier alpha value is -4.60. The van der Waals surface area contributed by atoms with Crippen LogP contribution < -0.4 is 5.56 Å². The zero-order valence-electron chi connectivity index (χ0n) is 26.2. The number of hydrogen-bond acceptors (Lipinski definition) is 6. The topological polar surface area (TPSA) is 96.5 Å². The van der Waals surface area contributed by atoms with E-state index in [0.717, 1.165) is 31.6 Å². The maximum atomic E-state index is 14.1. The molecule has 2 aliphatic heterocycles. The number of nitrogens with zero attached hydrogens (tertiary/aromatic N) is 6. The number of benzene rings is 2. The average Bonchev–Trinajstić information content (AvgIpc) is 3.48. The van der Waals surface area contributed by atoms with Crippen LogP contribution in [0.2, 0.25) is 0 Å². The Bertz CT molecular complexity index is 1880. The fourth-order valence-corrected chi connectivity index (χ4v) is 7.29. The van der Waals surface area contributed by atoms with Crippen molar-refractivity contribution in [2.24, 2.45) is 13.0 Å². The minimum Gasteiger partial charge on any atom is -0.388 e. The summed E-state index contributed by atoms with van der Waals surface area (Å²) in [7, 11) is 1.86. The molecule has 0 radical (unpaired) electrons. The molecule has 0 bridgehead atoms. The highest BCUT2D eigenvalue weighted by Gasteiger charge is 2.41. The predicted molar refractivity (Wildman–Crippen MR) is 178 cm³/mol. The number of amides is 1. The van der Waals surface area contributed by atoms with E-state index in [9.17, 15) is 14.7 Å². The minimum absolute atomic E-state index is 0.0777. The maximum Gasteiger partial charge on any atom is 0.262 e. The molecule has 0 spiro atoms. The Morgan fingerprint density at radius 2 is 1.74 bits per heavy atom. The molecule has 5 heterocycles. The first-order chi connectivity index (χ1) is 22.4. The SMILES string of the molecule is Cn1ccc2c(=O)n(CC3(O)CCN(C(=O)[C@@H]4CCN(Cc5cccc(-c6ccncc6)c5)C[C@H]4c4ccccc4)CC3)cnc21. The van der Waals surface area contributed by atoms with E-state index in [4.69, 9.17) is 0 Å². The molecule has 0 saturated carbocycles. The van der Waals surface area contributed by atoms with Crippen LogP contribution in [0.3, 0.4) is 0 Å². The first-order valence-corrected chi connectivity index (χ1v) is 16.2. The molecule has 5 aromatic rings. The standard InChI is InChI=1S/C37H40N6O3/c1-40-18-12-32-34(40)39-26-43(36(32)45)25-37(46)14-20-42(21-15-37)35(44)31-13-19-41(24-33(31)29-7-3-2-4-8-29)23-27-6-5-9-30(22-27)28-10-16-38-17-11-28/h2-12,16-18,22,26,31,33,46H,13-15,19-21,23-25H2,1H3/t31-,33+/m1/s1. The first-order valence-electron chi connectivity index (χ1n) is 16.2. The van der Waals surface area contributed by atoms with E-state index in [1.807, 2.05) is 53.3 Å². The van der Waals surface area contributed by atoms with Crippen LogP contribution in [0.4, 0.5) is 0 Å². The van der Waals surface area contributed by atoms with Gasteiger partial charge in [-0.1, -0.05) is 48.5 Å². The van der Waals surface area contributed by atoms with Crippen LogP contribution in [0.15, 0.2) is 103 Å². The van der Waals surface area contributed by atoms with Crippen molar-refractivity contribution < 1.29 is 9.90 Å². The number of aliphatic hydroxyl groups is 1. The largest absolute Gasteiger partial charge is 0.388 e. The van der Waals surface area contributed by atoms with Crippen LogP contribution in [0.25, 0.3) is 22.2 Å². The lowest BCUT2D eigenvalue weighted by molar-refractivity contribution is -0.142. The fraction of sp³-hybridized carbons (Fsp3) is 0.351. The molecule has 2 aromatic carbocycles. The molecule has 1 N–H and O–H groups in total. The van der Waals surface area contributed by atoms with Gasteiger partial charge in [0, 0.05) is 63.7 Å². The highest BCUT2D eigenvalue weighted by Crippen LogP contribution is 2.36. The highest BCUT2D eigenvalue weighted by molar-refractivity contribution is 5.80. The van der Waals surface area contributed by atoms with Crippen molar-refractivity contribution in [1.82, 2.24) is 28.9 Å². The van der Waals surface area contributed by atoms with Gasteiger partial charge >= 0.3 is 0 Å². The van der Waals surface area contributed by atoms with Gasteiger partial charge in [0.25, 0.3) is 5.56 Å². The molecule has 9 heteroatoms. The van der Waals surface area contributed by atoms with Crippen LogP contribution in [0.1, 0.15) is 36.3 Å². The number of likely N-dealkylation sites (tertiary alicyclic amines) is 2. The number of aromatic nitrogens is 4. The molecule has 7 rings (SSSR count). The molecule has 2 aliphatic rings. The Morgan fingerprint density at radius 3 is 2.52 bits per heavy atom. The molecule has 0 aliphatic carbocycles. The summed E-state index contributed by atoms with van der Waals surface area (Å²) in [5.41, 5.74) is 4.17. The van der Waals surface area contributed by atoms with Gasteiger partial charge in [-0.25, -0.2) is 4.98 Å². The number of aryl methyl sites for hydroxylation is 1. The van der Waals surface area contributed by atoms with Crippen LogP contribution >= 0.6 is 0 Å². The number of hydrogen-bond donors (Lipinski definition) is 1. The van der Waals surface area contributed by atoms with Crippen molar-refractivity contribution in [2.75, 3.05) is 26.2 Å². The van der Waals surface area contributed by atoms with E-state index >= 15 is 0 Å². The molecule has 46 heavy (non-hydrogen) atoms. The van der Waals surface area contributed by atoms with Gasteiger partial charge in [-0.2, -0.15) is 0 Å². The van der Waals surface area contributed by atoms with Crippen LogP contribution in [0, 0.1) is 5.92 Å². The van der Waals surface area contributed by atoms with E-state index < -0.39 is 5.60 Å². The number of carbonyl (C=O) groups is 1. The van der Waals surface area contributed by atoms with Crippen LogP contribution in [-0.4, -0.2) is 71.7 Å². The Labute approximate surface area is 268 Å². The summed E-state index contributed by atoms with van der Waals surface area (Å²) in [6, 6.07) is 24.9. The van der Waals surface area contributed by atoms with E-state index in [2.05, 4.69) is 63.4 Å². The van der Waals surface area contributed by atoms with Crippen molar-refractivity contribution in [3.63, 3.8) is 0 Å². The van der Waals surface area contributed by atoms with Crippen molar-refractivity contribution in [3.8, 4) is 11.1 Å². The second kappa shape index (κ2) is 12.7. The summed E-state index contributed by atoms with van der Waals surface area (Å²) >= 11 is 0. The van der Waals surface area contributed by atoms with Gasteiger partial charge in [0.1, 0.15) is 12.0 Å². The van der Waals surface area contributed by atoms with E-state index in [0.29, 0.717) is 37.0 Å². The highest BCUT2D eigenvalue weighted by atomic mass is 16.3. The van der Waals surface area contributed by atoms with Gasteiger partial charge < -0.3 is 14.6 Å². The molecule has 3 aromatic heterocycles. The molecular weight excluding hydrogens is 576 g/mol. The molecule has 9 nitrogen and oxygen atoms in total. The number of carbonyl (C=O) groups excluding carboxylic acids is 1. The van der Waals surface area contributed by atoms with E-state index in [1.165, 1.54) is 27.6 Å². The van der Waals surface area contributed by atoms with E-state index in [-0.39, 0.29) is 29.8 Å². The zero-order valence-corrected chi connectivity index (χ0v) is 26.2. The van der Waals surface area contributed by atoms with Crippen molar-refractivity contribution in [2.45, 2.75) is 43.9 Å². The minimum atomic E-state index is -1.07.